The Morgan fingerprint density at radius 1 is 1.32 bits per heavy atom. The maximum atomic E-state index is 12.3. The first-order valence-electron chi connectivity index (χ1n) is 8.80. The third-order valence-corrected chi connectivity index (χ3v) is 5.15. The number of allylic oxidation sites excluding steroid dienone is 1. The average Bonchev–Trinajstić information content (AvgIpc) is 3.27. The molecule has 1 N–H and O–H groups in total. The normalized spacial score (nSPS) is 10.6. The fourth-order valence-corrected chi connectivity index (χ4v) is 3.51. The topological polar surface area (TPSA) is 74.0 Å². The quantitative estimate of drug-likeness (QED) is 0.444. The van der Waals surface area contributed by atoms with E-state index in [1.165, 1.54) is 11.8 Å². The van der Waals surface area contributed by atoms with Crippen molar-refractivity contribution in [2.75, 3.05) is 18.2 Å². The van der Waals surface area contributed by atoms with Gasteiger partial charge in [-0.1, -0.05) is 23.9 Å². The van der Waals surface area contributed by atoms with Crippen molar-refractivity contribution in [1.29, 1.82) is 0 Å². The summed E-state index contributed by atoms with van der Waals surface area (Å²) in [6.07, 6.45) is 4.47. The second-order valence-corrected chi connectivity index (χ2v) is 7.10. The van der Waals surface area contributed by atoms with E-state index in [-0.39, 0.29) is 11.7 Å². The van der Waals surface area contributed by atoms with Gasteiger partial charge in [0.25, 0.3) is 0 Å². The van der Waals surface area contributed by atoms with E-state index >= 15 is 0 Å². The first-order valence-corrected chi connectivity index (χ1v) is 9.79. The maximum absolute atomic E-state index is 12.3. The predicted molar refractivity (Wildman–Crippen MR) is 111 cm³/mol. The van der Waals surface area contributed by atoms with E-state index in [4.69, 9.17) is 4.74 Å². The Morgan fingerprint density at radius 2 is 2.18 bits per heavy atom. The zero-order valence-electron chi connectivity index (χ0n) is 16.0. The molecule has 0 bridgehead atoms. The fraction of sp³-hybridized carbons (Fsp3) is 0.250. The molecule has 0 unspecified atom stereocenters. The number of hydrogen-bond acceptors (Lipinski definition) is 5. The molecule has 0 saturated heterocycles. The minimum atomic E-state index is -0.115. The number of aryl methyl sites for hydroxylation is 1. The standard InChI is InChI=1S/C20H23N5O2S/c1-4-10-25-18(13-16-8-6-11-24(16)2)22-23-20(25)28-14-19(26)21-15-7-5-9-17(12-15)27-3/h4-9,11-12H,1,10,13-14H2,2-3H3,(H,21,26). The fourth-order valence-electron chi connectivity index (χ4n) is 2.74. The second kappa shape index (κ2) is 9.27. The second-order valence-electron chi connectivity index (χ2n) is 6.15. The number of rotatable bonds is 9. The van der Waals surface area contributed by atoms with Crippen molar-refractivity contribution >= 4 is 23.4 Å². The van der Waals surface area contributed by atoms with Crippen LogP contribution in [0, 0.1) is 0 Å². The molecular weight excluding hydrogens is 374 g/mol. The Hall–Kier alpha value is -3.00. The highest BCUT2D eigenvalue weighted by Crippen LogP contribution is 2.21. The van der Waals surface area contributed by atoms with Gasteiger partial charge >= 0.3 is 0 Å². The van der Waals surface area contributed by atoms with Crippen LogP contribution in [0.4, 0.5) is 5.69 Å². The zero-order chi connectivity index (χ0) is 19.9. The Labute approximate surface area is 168 Å². The van der Waals surface area contributed by atoms with Crippen LogP contribution in [0.25, 0.3) is 0 Å². The Kier molecular flexibility index (Phi) is 6.54. The smallest absolute Gasteiger partial charge is 0.234 e. The monoisotopic (exact) mass is 397 g/mol. The van der Waals surface area contributed by atoms with E-state index < -0.39 is 0 Å². The minimum absolute atomic E-state index is 0.115. The van der Waals surface area contributed by atoms with Crippen LogP contribution >= 0.6 is 11.8 Å². The molecule has 3 rings (SSSR count). The minimum Gasteiger partial charge on any atom is -0.497 e. The van der Waals surface area contributed by atoms with Crippen LogP contribution in [0.2, 0.25) is 0 Å². The molecule has 0 aliphatic heterocycles. The summed E-state index contributed by atoms with van der Waals surface area (Å²) in [5, 5.41) is 12.2. The summed E-state index contributed by atoms with van der Waals surface area (Å²) in [5.74, 6) is 1.66. The Morgan fingerprint density at radius 3 is 2.89 bits per heavy atom. The Bertz CT molecular complexity index is 963. The summed E-state index contributed by atoms with van der Waals surface area (Å²) in [4.78, 5) is 12.3. The van der Waals surface area contributed by atoms with E-state index in [2.05, 4.69) is 32.7 Å². The van der Waals surface area contributed by atoms with Gasteiger partial charge in [-0.05, 0) is 24.3 Å². The maximum Gasteiger partial charge on any atom is 0.234 e. The third kappa shape index (κ3) is 4.83. The number of thioether (sulfide) groups is 1. The molecule has 0 atom stereocenters. The molecule has 0 fully saturated rings. The molecule has 0 aliphatic carbocycles. The van der Waals surface area contributed by atoms with Crippen LogP contribution in [-0.4, -0.2) is 38.1 Å². The Balaban J connectivity index is 1.65. The van der Waals surface area contributed by atoms with E-state index in [9.17, 15) is 4.79 Å². The van der Waals surface area contributed by atoms with Crippen LogP contribution in [-0.2, 0) is 24.8 Å². The number of nitrogens with one attached hydrogen (secondary N) is 1. The SMILES string of the molecule is C=CCn1c(Cc2cccn2C)nnc1SCC(=O)Nc1cccc(OC)c1. The van der Waals surface area contributed by atoms with Crippen molar-refractivity contribution in [3.63, 3.8) is 0 Å². The zero-order valence-corrected chi connectivity index (χ0v) is 16.8. The predicted octanol–water partition coefficient (Wildman–Crippen LogP) is 3.13. The molecule has 2 heterocycles. The molecule has 0 saturated carbocycles. The number of nitrogens with zero attached hydrogens (tertiary/aromatic N) is 4. The number of ether oxygens (including phenoxy) is 1. The average molecular weight is 398 g/mol. The largest absolute Gasteiger partial charge is 0.497 e. The molecule has 7 nitrogen and oxygen atoms in total. The van der Waals surface area contributed by atoms with E-state index in [0.29, 0.717) is 29.6 Å². The number of hydrogen-bond donors (Lipinski definition) is 1. The van der Waals surface area contributed by atoms with Crippen LogP contribution < -0.4 is 10.1 Å². The van der Waals surface area contributed by atoms with Crippen LogP contribution in [0.1, 0.15) is 11.5 Å². The van der Waals surface area contributed by atoms with Crippen molar-refractivity contribution in [3.8, 4) is 5.75 Å². The molecule has 0 spiro atoms. The van der Waals surface area contributed by atoms with Gasteiger partial charge in [-0.3, -0.25) is 4.79 Å². The van der Waals surface area contributed by atoms with Crippen LogP contribution in [0.3, 0.4) is 0 Å². The molecule has 2 aromatic heterocycles. The van der Waals surface area contributed by atoms with Gasteiger partial charge in [-0.15, -0.1) is 16.8 Å². The van der Waals surface area contributed by atoms with E-state index in [0.717, 1.165) is 11.5 Å². The molecule has 8 heteroatoms. The summed E-state index contributed by atoms with van der Waals surface area (Å²) >= 11 is 1.35. The number of carbonyl (C=O) groups excluding carboxylic acids is 1. The summed E-state index contributed by atoms with van der Waals surface area (Å²) < 4.78 is 9.22. The molecule has 3 aromatic rings. The van der Waals surface area contributed by atoms with Crippen molar-refractivity contribution in [2.24, 2.45) is 7.05 Å². The first-order chi connectivity index (χ1) is 13.6. The third-order valence-electron chi connectivity index (χ3n) is 4.18. The van der Waals surface area contributed by atoms with Gasteiger partial charge in [-0.2, -0.15) is 0 Å². The number of amides is 1. The van der Waals surface area contributed by atoms with Gasteiger partial charge in [0.1, 0.15) is 11.6 Å². The van der Waals surface area contributed by atoms with Crippen molar-refractivity contribution in [1.82, 2.24) is 19.3 Å². The summed E-state index contributed by atoms with van der Waals surface area (Å²) in [5.41, 5.74) is 1.84. The molecule has 0 aliphatic rings. The molecule has 1 aromatic carbocycles. The van der Waals surface area contributed by atoms with Crippen molar-refractivity contribution in [2.45, 2.75) is 18.1 Å². The van der Waals surface area contributed by atoms with E-state index in [1.54, 1.807) is 19.3 Å². The molecule has 1 amide bonds. The number of benzene rings is 1. The molecule has 146 valence electrons. The molecular formula is C20H23N5O2S. The molecule has 28 heavy (non-hydrogen) atoms. The molecule has 0 radical (unpaired) electrons. The highest BCUT2D eigenvalue weighted by Gasteiger charge is 2.15. The van der Waals surface area contributed by atoms with Crippen molar-refractivity contribution in [3.05, 3.63) is 66.8 Å². The number of methoxy groups -OCH3 is 1. The number of aromatic nitrogens is 4. The van der Waals surface area contributed by atoms with E-state index in [1.807, 2.05) is 42.1 Å². The van der Waals surface area contributed by atoms with Crippen molar-refractivity contribution < 1.29 is 9.53 Å². The van der Waals surface area contributed by atoms with Crippen LogP contribution in [0.5, 0.6) is 5.75 Å². The van der Waals surface area contributed by atoms with Gasteiger partial charge in [0.2, 0.25) is 5.91 Å². The number of anilines is 1. The van der Waals surface area contributed by atoms with Gasteiger partial charge in [0, 0.05) is 43.7 Å². The lowest BCUT2D eigenvalue weighted by atomic mass is 10.3. The van der Waals surface area contributed by atoms with Gasteiger partial charge in [0.15, 0.2) is 5.16 Å². The van der Waals surface area contributed by atoms with Gasteiger partial charge in [-0.25, -0.2) is 0 Å². The highest BCUT2D eigenvalue weighted by molar-refractivity contribution is 7.99. The highest BCUT2D eigenvalue weighted by atomic mass is 32.2. The summed E-state index contributed by atoms with van der Waals surface area (Å²) in [7, 11) is 3.60. The summed E-state index contributed by atoms with van der Waals surface area (Å²) in [6.45, 7) is 4.41. The van der Waals surface area contributed by atoms with Gasteiger partial charge < -0.3 is 19.2 Å². The lowest BCUT2D eigenvalue weighted by molar-refractivity contribution is -0.113. The lowest BCUT2D eigenvalue weighted by Gasteiger charge is -2.09. The first kappa shape index (κ1) is 19.8. The lowest BCUT2D eigenvalue weighted by Crippen LogP contribution is -2.15. The van der Waals surface area contributed by atoms with Gasteiger partial charge in [0.05, 0.1) is 12.9 Å². The summed E-state index contributed by atoms with van der Waals surface area (Å²) in [6, 6.07) is 11.3. The number of carbonyl (C=O) groups is 1. The van der Waals surface area contributed by atoms with Crippen LogP contribution in [0.15, 0.2) is 60.4 Å².